The molecule has 1 rings (SSSR count). The summed E-state index contributed by atoms with van der Waals surface area (Å²) < 4.78 is 4.93. The molecule has 2 N–H and O–H groups in total. The molecule has 0 saturated carbocycles. The summed E-state index contributed by atoms with van der Waals surface area (Å²) in [6.45, 7) is 3.91. The zero-order valence-corrected chi connectivity index (χ0v) is 11.7. The number of aromatic hydroxyl groups is 1. The fourth-order valence-electron chi connectivity index (χ4n) is 1.44. The van der Waals surface area contributed by atoms with E-state index in [1.165, 1.54) is 24.3 Å². The number of carbonyl (C=O) groups excluding carboxylic acids is 1. The molecule has 21 heavy (non-hydrogen) atoms. The summed E-state index contributed by atoms with van der Waals surface area (Å²) in [4.78, 5) is 22.6. The van der Waals surface area contributed by atoms with Crippen LogP contribution in [0.1, 0.15) is 29.8 Å². The van der Waals surface area contributed by atoms with Gasteiger partial charge in [0, 0.05) is 0 Å². The highest BCUT2D eigenvalue weighted by Crippen LogP contribution is 2.20. The zero-order valence-electron chi connectivity index (χ0n) is 11.7. The molecule has 0 bridgehead atoms. The van der Waals surface area contributed by atoms with Gasteiger partial charge in [0.25, 0.3) is 0 Å². The van der Waals surface area contributed by atoms with Crippen LogP contribution < -0.4 is 0 Å². The lowest BCUT2D eigenvalue weighted by molar-refractivity contribution is -0.139. The van der Waals surface area contributed by atoms with Gasteiger partial charge in [-0.1, -0.05) is 19.9 Å². The molecule has 0 spiro atoms. The second-order valence-corrected chi connectivity index (χ2v) is 4.74. The number of rotatable bonds is 5. The van der Waals surface area contributed by atoms with Crippen LogP contribution in [0, 0.1) is 17.2 Å². The molecule has 0 heterocycles. The van der Waals surface area contributed by atoms with Crippen molar-refractivity contribution in [2.45, 2.75) is 13.8 Å². The minimum Gasteiger partial charge on any atom is -0.507 e. The Morgan fingerprint density at radius 2 is 2.10 bits per heavy atom. The molecule has 0 aliphatic rings. The molecule has 0 radical (unpaired) electrons. The molecule has 0 fully saturated rings. The fraction of sp³-hybridized carbons (Fsp3) is 0.267. The van der Waals surface area contributed by atoms with Gasteiger partial charge in [-0.3, -0.25) is 0 Å². The number of esters is 1. The predicted molar refractivity (Wildman–Crippen MR) is 74.5 cm³/mol. The number of phenols is 1. The third-order valence-corrected chi connectivity index (χ3v) is 2.45. The minimum atomic E-state index is -1.30. The van der Waals surface area contributed by atoms with Crippen molar-refractivity contribution in [1.29, 1.82) is 5.26 Å². The number of benzene rings is 1. The first-order valence-corrected chi connectivity index (χ1v) is 6.20. The number of carboxylic acid groups (broad SMARTS) is 1. The second kappa shape index (κ2) is 7.10. The Hall–Kier alpha value is -2.81. The number of aromatic carboxylic acids is 1. The molecule has 0 amide bonds. The molecule has 0 aromatic heterocycles. The SMILES string of the molecule is CC(C)COC(=O)C(C#N)=Cc1ccc(O)c(C(=O)O)c1. The zero-order chi connectivity index (χ0) is 16.0. The van der Waals surface area contributed by atoms with Crippen LogP contribution in [0.25, 0.3) is 6.08 Å². The Kier molecular flexibility index (Phi) is 5.49. The van der Waals surface area contributed by atoms with E-state index in [0.717, 1.165) is 0 Å². The van der Waals surface area contributed by atoms with E-state index in [-0.39, 0.29) is 29.4 Å². The van der Waals surface area contributed by atoms with Crippen molar-refractivity contribution in [2.24, 2.45) is 5.92 Å². The summed E-state index contributed by atoms with van der Waals surface area (Å²) in [5.41, 5.74) is -0.238. The van der Waals surface area contributed by atoms with Crippen molar-refractivity contribution < 1.29 is 24.5 Å². The number of nitriles is 1. The van der Waals surface area contributed by atoms with Crippen molar-refractivity contribution in [3.05, 3.63) is 34.9 Å². The number of ether oxygens (including phenoxy) is 1. The molecule has 6 heteroatoms. The summed E-state index contributed by atoms with van der Waals surface area (Å²) in [5.74, 6) is -2.32. The summed E-state index contributed by atoms with van der Waals surface area (Å²) >= 11 is 0. The number of nitrogens with zero attached hydrogens (tertiary/aromatic N) is 1. The van der Waals surface area contributed by atoms with Gasteiger partial charge in [-0.05, 0) is 29.7 Å². The normalized spacial score (nSPS) is 11.0. The van der Waals surface area contributed by atoms with Gasteiger partial charge in [-0.15, -0.1) is 0 Å². The molecule has 6 nitrogen and oxygen atoms in total. The maximum absolute atomic E-state index is 11.7. The van der Waals surface area contributed by atoms with Crippen molar-refractivity contribution in [3.63, 3.8) is 0 Å². The predicted octanol–water partition coefficient (Wildman–Crippen LogP) is 2.20. The Balaban J connectivity index is 3.04. The molecule has 0 atom stereocenters. The number of carbonyl (C=O) groups is 2. The van der Waals surface area contributed by atoms with Crippen LogP contribution in [-0.2, 0) is 9.53 Å². The van der Waals surface area contributed by atoms with E-state index in [1.807, 2.05) is 13.8 Å². The topological polar surface area (TPSA) is 108 Å². The molecule has 0 saturated heterocycles. The molecule has 0 aliphatic heterocycles. The fourth-order valence-corrected chi connectivity index (χ4v) is 1.44. The Morgan fingerprint density at radius 3 is 2.62 bits per heavy atom. The van der Waals surface area contributed by atoms with E-state index >= 15 is 0 Å². The highest BCUT2D eigenvalue weighted by molar-refractivity contribution is 5.98. The highest BCUT2D eigenvalue weighted by atomic mass is 16.5. The van der Waals surface area contributed by atoms with Crippen LogP contribution in [0.5, 0.6) is 5.75 Å². The van der Waals surface area contributed by atoms with Crippen LogP contribution in [0.3, 0.4) is 0 Å². The monoisotopic (exact) mass is 289 g/mol. The van der Waals surface area contributed by atoms with Gasteiger partial charge in [-0.2, -0.15) is 5.26 Å². The lowest BCUT2D eigenvalue weighted by Crippen LogP contribution is -2.11. The van der Waals surface area contributed by atoms with E-state index in [0.29, 0.717) is 5.56 Å². The van der Waals surface area contributed by atoms with Crippen molar-refractivity contribution in [3.8, 4) is 11.8 Å². The van der Waals surface area contributed by atoms with Crippen molar-refractivity contribution in [1.82, 2.24) is 0 Å². The second-order valence-electron chi connectivity index (χ2n) is 4.74. The molecule has 1 aromatic carbocycles. The quantitative estimate of drug-likeness (QED) is 0.488. The standard InChI is InChI=1S/C15H15NO5/c1-9(2)8-21-15(20)11(7-16)5-10-3-4-13(17)12(6-10)14(18)19/h3-6,9,17H,8H2,1-2H3,(H,18,19). The van der Waals surface area contributed by atoms with Gasteiger partial charge in [0.05, 0.1) is 6.61 Å². The van der Waals surface area contributed by atoms with E-state index in [2.05, 4.69) is 0 Å². The molecular weight excluding hydrogens is 274 g/mol. The maximum Gasteiger partial charge on any atom is 0.348 e. The maximum atomic E-state index is 11.7. The average molecular weight is 289 g/mol. The van der Waals surface area contributed by atoms with Gasteiger partial charge in [0.1, 0.15) is 23.0 Å². The number of hydrogen-bond donors (Lipinski definition) is 2. The van der Waals surface area contributed by atoms with Crippen molar-refractivity contribution >= 4 is 18.0 Å². The molecular formula is C15H15NO5. The number of carboxylic acids is 1. The minimum absolute atomic E-state index is 0.140. The van der Waals surface area contributed by atoms with Gasteiger partial charge in [0.15, 0.2) is 0 Å². The van der Waals surface area contributed by atoms with Crippen LogP contribution in [-0.4, -0.2) is 28.8 Å². The molecule has 0 unspecified atom stereocenters. The van der Waals surface area contributed by atoms with Gasteiger partial charge < -0.3 is 14.9 Å². The lowest BCUT2D eigenvalue weighted by Gasteiger charge is -2.06. The summed E-state index contributed by atoms with van der Waals surface area (Å²) in [5, 5.41) is 27.3. The Bertz CT molecular complexity index is 625. The first-order chi connectivity index (χ1) is 9.85. The van der Waals surface area contributed by atoms with Crippen LogP contribution >= 0.6 is 0 Å². The third kappa shape index (κ3) is 4.66. The average Bonchev–Trinajstić information content (AvgIpc) is 2.43. The molecule has 0 aliphatic carbocycles. The van der Waals surface area contributed by atoms with E-state index in [4.69, 9.17) is 15.1 Å². The highest BCUT2D eigenvalue weighted by Gasteiger charge is 2.13. The van der Waals surface area contributed by atoms with Crippen LogP contribution in [0.15, 0.2) is 23.8 Å². The molecule has 110 valence electrons. The number of hydrogen-bond acceptors (Lipinski definition) is 5. The van der Waals surface area contributed by atoms with E-state index in [1.54, 1.807) is 6.07 Å². The first-order valence-electron chi connectivity index (χ1n) is 6.20. The van der Waals surface area contributed by atoms with E-state index in [9.17, 15) is 14.7 Å². The van der Waals surface area contributed by atoms with Crippen LogP contribution in [0.2, 0.25) is 0 Å². The third-order valence-electron chi connectivity index (χ3n) is 2.45. The van der Waals surface area contributed by atoms with Gasteiger partial charge in [0.2, 0.25) is 0 Å². The smallest absolute Gasteiger partial charge is 0.348 e. The summed E-state index contributed by atoms with van der Waals surface area (Å²) in [6.07, 6.45) is 1.22. The molecule has 1 aromatic rings. The van der Waals surface area contributed by atoms with Crippen LogP contribution in [0.4, 0.5) is 0 Å². The summed E-state index contributed by atoms with van der Waals surface area (Å²) in [7, 11) is 0. The van der Waals surface area contributed by atoms with Gasteiger partial charge >= 0.3 is 11.9 Å². The van der Waals surface area contributed by atoms with Crippen molar-refractivity contribution in [2.75, 3.05) is 6.61 Å². The summed E-state index contributed by atoms with van der Waals surface area (Å²) in [6, 6.07) is 5.47. The Labute approximate surface area is 121 Å². The Morgan fingerprint density at radius 1 is 1.43 bits per heavy atom. The largest absolute Gasteiger partial charge is 0.507 e. The van der Waals surface area contributed by atoms with E-state index < -0.39 is 11.9 Å². The lowest BCUT2D eigenvalue weighted by atomic mass is 10.1. The first kappa shape index (κ1) is 16.2. The van der Waals surface area contributed by atoms with Gasteiger partial charge in [-0.25, -0.2) is 9.59 Å².